The molecule has 3 rings (SSSR count). The van der Waals surface area contributed by atoms with Crippen LogP contribution in [-0.2, 0) is 11.2 Å². The van der Waals surface area contributed by atoms with Crippen LogP contribution in [0.15, 0.2) is 48.8 Å². The van der Waals surface area contributed by atoms with Crippen molar-refractivity contribution in [3.8, 4) is 0 Å². The van der Waals surface area contributed by atoms with E-state index in [0.29, 0.717) is 5.82 Å². The fourth-order valence-corrected chi connectivity index (χ4v) is 2.66. The summed E-state index contributed by atoms with van der Waals surface area (Å²) in [5, 5.41) is 7.22. The zero-order chi connectivity index (χ0) is 18.6. The fourth-order valence-electron chi connectivity index (χ4n) is 2.66. The van der Waals surface area contributed by atoms with Gasteiger partial charge in [0.25, 0.3) is 0 Å². The summed E-state index contributed by atoms with van der Waals surface area (Å²) < 4.78 is 5.20. The first kappa shape index (κ1) is 17.8. The minimum Gasteiger partial charge on any atom is -0.444 e. The van der Waals surface area contributed by atoms with E-state index in [2.05, 4.69) is 38.9 Å². The number of pyridine rings is 1. The highest BCUT2D eigenvalue weighted by molar-refractivity contribution is 5.84. The highest BCUT2D eigenvalue weighted by Gasteiger charge is 2.16. The van der Waals surface area contributed by atoms with Gasteiger partial charge < -0.3 is 15.0 Å². The molecule has 2 heterocycles. The van der Waals surface area contributed by atoms with Gasteiger partial charge in [-0.05, 0) is 51.0 Å². The van der Waals surface area contributed by atoms with Crippen LogP contribution in [0.2, 0.25) is 0 Å². The molecule has 0 aliphatic heterocycles. The van der Waals surface area contributed by atoms with Crippen LogP contribution in [0.5, 0.6) is 0 Å². The van der Waals surface area contributed by atoms with Gasteiger partial charge in [-0.15, -0.1) is 0 Å². The molecule has 0 unspecified atom stereocenters. The molecule has 136 valence electrons. The molecule has 2 aromatic heterocycles. The SMILES string of the molecule is CC(C)(C)OC(=O)Nc1ccc(NCCc2c[nH]c3ccccc23)cn1. The van der Waals surface area contributed by atoms with E-state index < -0.39 is 11.7 Å². The highest BCUT2D eigenvalue weighted by Crippen LogP contribution is 2.18. The average molecular weight is 352 g/mol. The third kappa shape index (κ3) is 4.75. The first-order valence-corrected chi connectivity index (χ1v) is 8.66. The molecule has 3 aromatic rings. The lowest BCUT2D eigenvalue weighted by Crippen LogP contribution is -2.27. The molecule has 3 N–H and O–H groups in total. The molecule has 0 saturated heterocycles. The second-order valence-corrected chi connectivity index (χ2v) is 7.10. The van der Waals surface area contributed by atoms with Crippen molar-refractivity contribution in [2.45, 2.75) is 32.8 Å². The molecular formula is C20H24N4O2. The number of hydrogen-bond donors (Lipinski definition) is 3. The Balaban J connectivity index is 1.51. The molecule has 0 aliphatic carbocycles. The van der Waals surface area contributed by atoms with E-state index in [1.807, 2.05) is 39.0 Å². The van der Waals surface area contributed by atoms with E-state index >= 15 is 0 Å². The van der Waals surface area contributed by atoms with Crippen LogP contribution >= 0.6 is 0 Å². The summed E-state index contributed by atoms with van der Waals surface area (Å²) >= 11 is 0. The summed E-state index contributed by atoms with van der Waals surface area (Å²) in [7, 11) is 0. The normalized spacial score (nSPS) is 11.3. The number of benzene rings is 1. The molecule has 1 aromatic carbocycles. The zero-order valence-corrected chi connectivity index (χ0v) is 15.3. The van der Waals surface area contributed by atoms with Gasteiger partial charge >= 0.3 is 6.09 Å². The van der Waals surface area contributed by atoms with Crippen LogP contribution in [0.3, 0.4) is 0 Å². The lowest BCUT2D eigenvalue weighted by atomic mass is 10.1. The average Bonchev–Trinajstić information content (AvgIpc) is 2.98. The van der Waals surface area contributed by atoms with Crippen molar-refractivity contribution in [1.82, 2.24) is 9.97 Å². The second-order valence-electron chi connectivity index (χ2n) is 7.10. The van der Waals surface area contributed by atoms with Gasteiger partial charge in [-0.2, -0.15) is 0 Å². The summed E-state index contributed by atoms with van der Waals surface area (Å²) in [6.07, 6.45) is 4.15. The van der Waals surface area contributed by atoms with E-state index in [9.17, 15) is 4.79 Å². The lowest BCUT2D eigenvalue weighted by molar-refractivity contribution is 0.0635. The number of H-pyrrole nitrogens is 1. The summed E-state index contributed by atoms with van der Waals surface area (Å²) in [5.74, 6) is 0.460. The van der Waals surface area contributed by atoms with Crippen LogP contribution in [-0.4, -0.2) is 28.2 Å². The smallest absolute Gasteiger partial charge is 0.413 e. The third-order valence-corrected chi connectivity index (χ3v) is 3.79. The Morgan fingerprint density at radius 3 is 2.73 bits per heavy atom. The lowest BCUT2D eigenvalue weighted by Gasteiger charge is -2.19. The quantitative estimate of drug-likeness (QED) is 0.629. The van der Waals surface area contributed by atoms with Crippen molar-refractivity contribution < 1.29 is 9.53 Å². The first-order chi connectivity index (χ1) is 12.4. The second kappa shape index (κ2) is 7.47. The summed E-state index contributed by atoms with van der Waals surface area (Å²) in [4.78, 5) is 19.3. The molecule has 26 heavy (non-hydrogen) atoms. The van der Waals surface area contributed by atoms with Crippen molar-refractivity contribution >= 4 is 28.5 Å². The Labute approximate surface area is 153 Å². The number of amides is 1. The number of nitrogens with one attached hydrogen (secondary N) is 3. The van der Waals surface area contributed by atoms with Crippen molar-refractivity contribution in [3.05, 3.63) is 54.4 Å². The number of nitrogens with zero attached hydrogens (tertiary/aromatic N) is 1. The zero-order valence-electron chi connectivity index (χ0n) is 15.3. The maximum absolute atomic E-state index is 11.7. The number of carbonyl (C=O) groups is 1. The number of aromatic amines is 1. The van der Waals surface area contributed by atoms with Gasteiger partial charge in [-0.3, -0.25) is 5.32 Å². The number of hydrogen-bond acceptors (Lipinski definition) is 4. The summed E-state index contributed by atoms with van der Waals surface area (Å²) in [5.41, 5.74) is 2.80. The Hall–Kier alpha value is -3.02. The first-order valence-electron chi connectivity index (χ1n) is 8.66. The van der Waals surface area contributed by atoms with Gasteiger partial charge in [0.15, 0.2) is 0 Å². The van der Waals surface area contributed by atoms with Crippen molar-refractivity contribution in [2.75, 3.05) is 17.2 Å². The predicted molar refractivity (Wildman–Crippen MR) is 105 cm³/mol. The predicted octanol–water partition coefficient (Wildman–Crippen LogP) is 4.56. The summed E-state index contributed by atoms with van der Waals surface area (Å²) in [6, 6.07) is 11.9. The highest BCUT2D eigenvalue weighted by atomic mass is 16.6. The maximum atomic E-state index is 11.7. The number of rotatable bonds is 5. The Bertz CT molecular complexity index is 879. The van der Waals surface area contributed by atoms with Crippen molar-refractivity contribution in [3.63, 3.8) is 0 Å². The molecule has 0 radical (unpaired) electrons. The Kier molecular flexibility index (Phi) is 5.11. The summed E-state index contributed by atoms with van der Waals surface area (Å²) in [6.45, 7) is 6.25. The van der Waals surface area contributed by atoms with Gasteiger partial charge in [0.2, 0.25) is 0 Å². The molecule has 6 nitrogen and oxygen atoms in total. The number of aromatic nitrogens is 2. The fraction of sp³-hybridized carbons (Fsp3) is 0.300. The molecule has 0 aliphatic rings. The minimum atomic E-state index is -0.534. The standard InChI is InChI=1S/C20H24N4O2/c1-20(2,3)26-19(25)24-18-9-8-15(13-23-18)21-11-10-14-12-22-17-7-5-4-6-16(14)17/h4-9,12-13,21-22H,10-11H2,1-3H3,(H,23,24,25). The van der Waals surface area contributed by atoms with E-state index in [4.69, 9.17) is 4.74 Å². The number of carbonyl (C=O) groups excluding carboxylic acids is 1. The number of ether oxygens (including phenoxy) is 1. The van der Waals surface area contributed by atoms with Crippen LogP contribution in [0.4, 0.5) is 16.3 Å². The van der Waals surface area contributed by atoms with Crippen molar-refractivity contribution in [1.29, 1.82) is 0 Å². The maximum Gasteiger partial charge on any atom is 0.413 e. The Morgan fingerprint density at radius 2 is 2.00 bits per heavy atom. The van der Waals surface area contributed by atoms with Crippen LogP contribution in [0.1, 0.15) is 26.3 Å². The van der Waals surface area contributed by atoms with Crippen molar-refractivity contribution in [2.24, 2.45) is 0 Å². The van der Waals surface area contributed by atoms with Crippen LogP contribution in [0, 0.1) is 0 Å². The molecule has 0 bridgehead atoms. The number of para-hydroxylation sites is 1. The molecule has 0 spiro atoms. The minimum absolute atomic E-state index is 0.460. The molecule has 1 amide bonds. The van der Waals surface area contributed by atoms with Gasteiger partial charge in [-0.25, -0.2) is 9.78 Å². The van der Waals surface area contributed by atoms with Gasteiger partial charge in [0.1, 0.15) is 11.4 Å². The van der Waals surface area contributed by atoms with E-state index in [1.54, 1.807) is 12.3 Å². The molecule has 0 fully saturated rings. The van der Waals surface area contributed by atoms with E-state index in [-0.39, 0.29) is 0 Å². The van der Waals surface area contributed by atoms with E-state index in [1.165, 1.54) is 10.9 Å². The Morgan fingerprint density at radius 1 is 1.19 bits per heavy atom. The number of fused-ring (bicyclic) bond motifs is 1. The third-order valence-electron chi connectivity index (χ3n) is 3.79. The molecular weight excluding hydrogens is 328 g/mol. The van der Waals surface area contributed by atoms with Gasteiger partial charge in [0.05, 0.1) is 11.9 Å². The van der Waals surface area contributed by atoms with Crippen LogP contribution < -0.4 is 10.6 Å². The topological polar surface area (TPSA) is 79.0 Å². The van der Waals surface area contributed by atoms with E-state index in [0.717, 1.165) is 24.2 Å². The molecule has 0 atom stereocenters. The number of anilines is 2. The molecule has 0 saturated carbocycles. The largest absolute Gasteiger partial charge is 0.444 e. The van der Waals surface area contributed by atoms with Gasteiger partial charge in [-0.1, -0.05) is 18.2 Å². The van der Waals surface area contributed by atoms with Crippen LogP contribution in [0.25, 0.3) is 10.9 Å². The van der Waals surface area contributed by atoms with Gasteiger partial charge in [0, 0.05) is 23.6 Å². The monoisotopic (exact) mass is 352 g/mol. The molecule has 6 heteroatoms.